The maximum absolute atomic E-state index is 11.3. The molecule has 0 saturated carbocycles. The van der Waals surface area contributed by atoms with E-state index in [4.69, 9.17) is 27.9 Å². The molecule has 1 aromatic carbocycles. The summed E-state index contributed by atoms with van der Waals surface area (Å²) in [5, 5.41) is 0.192. The molecule has 0 heterocycles. The van der Waals surface area contributed by atoms with Crippen LogP contribution in [0.25, 0.3) is 0 Å². The van der Waals surface area contributed by atoms with Gasteiger partial charge >= 0.3 is 5.97 Å². The Morgan fingerprint density at radius 2 is 2.00 bits per heavy atom. The number of esters is 1. The Bertz CT molecular complexity index is 349. The molecule has 17 heavy (non-hydrogen) atoms. The minimum atomic E-state index is -0.540. The number of alkyl halides is 1. The van der Waals surface area contributed by atoms with Crippen LogP contribution in [0.3, 0.4) is 0 Å². The van der Waals surface area contributed by atoms with Crippen molar-refractivity contribution in [3.05, 3.63) is 34.9 Å². The fourth-order valence-corrected chi connectivity index (χ4v) is 1.83. The van der Waals surface area contributed by atoms with Crippen molar-refractivity contribution in [3.8, 4) is 0 Å². The van der Waals surface area contributed by atoms with E-state index in [0.29, 0.717) is 13.0 Å². The van der Waals surface area contributed by atoms with E-state index in [0.717, 1.165) is 17.9 Å². The highest BCUT2D eigenvalue weighted by atomic mass is 35.5. The first kappa shape index (κ1) is 14.3. The van der Waals surface area contributed by atoms with Gasteiger partial charge in [0.2, 0.25) is 0 Å². The monoisotopic (exact) mass is 274 g/mol. The van der Waals surface area contributed by atoms with Gasteiger partial charge in [0.25, 0.3) is 0 Å². The van der Waals surface area contributed by atoms with Crippen molar-refractivity contribution in [3.63, 3.8) is 0 Å². The van der Waals surface area contributed by atoms with Gasteiger partial charge in [-0.3, -0.25) is 4.79 Å². The van der Waals surface area contributed by atoms with E-state index < -0.39 is 5.38 Å². The van der Waals surface area contributed by atoms with Crippen molar-refractivity contribution in [2.75, 3.05) is 6.61 Å². The summed E-state index contributed by atoms with van der Waals surface area (Å²) in [5.74, 6) is -0.328. The number of rotatable bonds is 6. The predicted molar refractivity (Wildman–Crippen MR) is 70.7 cm³/mol. The van der Waals surface area contributed by atoms with Crippen LogP contribution in [0.15, 0.2) is 24.3 Å². The first-order valence-corrected chi connectivity index (χ1v) is 6.50. The lowest BCUT2D eigenvalue weighted by atomic mass is 10.1. The van der Waals surface area contributed by atoms with Gasteiger partial charge in [-0.25, -0.2) is 0 Å². The molecule has 0 fully saturated rings. The zero-order chi connectivity index (χ0) is 12.7. The van der Waals surface area contributed by atoms with Gasteiger partial charge in [-0.15, -0.1) is 11.6 Å². The SMILES string of the molecule is CCOC(=O)[C@H](Cl)CCCc1ccc(Cl)cc1. The zero-order valence-electron chi connectivity index (χ0n) is 9.79. The average Bonchev–Trinajstić information content (AvgIpc) is 2.32. The Labute approximate surface area is 112 Å². The Hall–Kier alpha value is -0.730. The number of hydrogen-bond acceptors (Lipinski definition) is 2. The lowest BCUT2D eigenvalue weighted by Gasteiger charge is -2.08. The number of halogens is 2. The van der Waals surface area contributed by atoms with Crippen LogP contribution in [0.1, 0.15) is 25.3 Å². The van der Waals surface area contributed by atoms with Crippen LogP contribution >= 0.6 is 23.2 Å². The van der Waals surface area contributed by atoms with E-state index in [1.54, 1.807) is 6.92 Å². The van der Waals surface area contributed by atoms with Crippen LogP contribution in [0.2, 0.25) is 5.02 Å². The minimum absolute atomic E-state index is 0.328. The van der Waals surface area contributed by atoms with E-state index in [1.807, 2.05) is 24.3 Å². The molecule has 0 amide bonds. The topological polar surface area (TPSA) is 26.3 Å². The van der Waals surface area contributed by atoms with Crippen LogP contribution in [-0.2, 0) is 16.0 Å². The van der Waals surface area contributed by atoms with E-state index in [-0.39, 0.29) is 5.97 Å². The molecule has 94 valence electrons. The smallest absolute Gasteiger partial charge is 0.324 e. The Balaban J connectivity index is 2.27. The average molecular weight is 275 g/mol. The van der Waals surface area contributed by atoms with Crippen molar-refractivity contribution >= 4 is 29.2 Å². The minimum Gasteiger partial charge on any atom is -0.465 e. The molecule has 0 N–H and O–H groups in total. The maximum Gasteiger partial charge on any atom is 0.324 e. The molecule has 0 radical (unpaired) electrons. The number of carbonyl (C=O) groups excluding carboxylic acids is 1. The number of aryl methyl sites for hydroxylation is 1. The summed E-state index contributed by atoms with van der Waals surface area (Å²) in [5.41, 5.74) is 1.20. The molecule has 1 aromatic rings. The van der Waals surface area contributed by atoms with Crippen LogP contribution in [0, 0.1) is 0 Å². The molecule has 0 spiro atoms. The van der Waals surface area contributed by atoms with E-state index in [2.05, 4.69) is 0 Å². The quantitative estimate of drug-likeness (QED) is 0.582. The molecule has 0 bridgehead atoms. The van der Waals surface area contributed by atoms with Gasteiger partial charge in [-0.1, -0.05) is 23.7 Å². The summed E-state index contributed by atoms with van der Waals surface area (Å²) in [7, 11) is 0. The lowest BCUT2D eigenvalue weighted by Crippen LogP contribution is -2.17. The van der Waals surface area contributed by atoms with Gasteiger partial charge in [0.15, 0.2) is 0 Å². The molecule has 0 aliphatic rings. The first-order chi connectivity index (χ1) is 8.13. The molecular formula is C13H16Cl2O2. The van der Waals surface area contributed by atoms with Crippen molar-refractivity contribution in [1.29, 1.82) is 0 Å². The molecule has 0 aromatic heterocycles. The molecule has 1 rings (SSSR count). The third kappa shape index (κ3) is 5.42. The largest absolute Gasteiger partial charge is 0.465 e. The molecule has 0 aliphatic carbocycles. The second kappa shape index (κ2) is 7.57. The Morgan fingerprint density at radius 1 is 1.35 bits per heavy atom. The standard InChI is InChI=1S/C13H16Cl2O2/c1-2-17-13(16)12(15)5-3-4-10-6-8-11(14)9-7-10/h6-9,12H,2-5H2,1H3/t12-/m1/s1. The highest BCUT2D eigenvalue weighted by Crippen LogP contribution is 2.14. The van der Waals surface area contributed by atoms with Crippen molar-refractivity contribution in [2.24, 2.45) is 0 Å². The van der Waals surface area contributed by atoms with Crippen molar-refractivity contribution in [2.45, 2.75) is 31.6 Å². The summed E-state index contributed by atoms with van der Waals surface area (Å²) < 4.78 is 4.83. The highest BCUT2D eigenvalue weighted by molar-refractivity contribution is 6.30. The third-order valence-electron chi connectivity index (χ3n) is 2.38. The molecule has 1 atom stereocenters. The van der Waals surface area contributed by atoms with Crippen LogP contribution in [0.5, 0.6) is 0 Å². The molecule has 0 aliphatic heterocycles. The van der Waals surface area contributed by atoms with Crippen molar-refractivity contribution in [1.82, 2.24) is 0 Å². The zero-order valence-corrected chi connectivity index (χ0v) is 11.3. The van der Waals surface area contributed by atoms with E-state index in [1.165, 1.54) is 5.56 Å². The van der Waals surface area contributed by atoms with Gasteiger partial charge in [0, 0.05) is 5.02 Å². The third-order valence-corrected chi connectivity index (χ3v) is 3.03. The van der Waals surface area contributed by atoms with Gasteiger partial charge in [0.1, 0.15) is 5.38 Å². The Kier molecular flexibility index (Phi) is 6.38. The molecule has 0 saturated heterocycles. The molecule has 2 nitrogen and oxygen atoms in total. The van der Waals surface area contributed by atoms with Crippen LogP contribution < -0.4 is 0 Å². The summed E-state index contributed by atoms with van der Waals surface area (Å²) in [6, 6.07) is 7.69. The molecule has 0 unspecified atom stereocenters. The van der Waals surface area contributed by atoms with E-state index >= 15 is 0 Å². The summed E-state index contributed by atoms with van der Waals surface area (Å²) in [6.07, 6.45) is 2.37. The van der Waals surface area contributed by atoms with Gasteiger partial charge < -0.3 is 4.74 Å². The van der Waals surface area contributed by atoms with Gasteiger partial charge in [0.05, 0.1) is 6.61 Å². The maximum atomic E-state index is 11.3. The fraction of sp³-hybridized carbons (Fsp3) is 0.462. The molecular weight excluding hydrogens is 259 g/mol. The van der Waals surface area contributed by atoms with Crippen LogP contribution in [-0.4, -0.2) is 18.0 Å². The highest BCUT2D eigenvalue weighted by Gasteiger charge is 2.15. The number of ether oxygens (including phenoxy) is 1. The van der Waals surface area contributed by atoms with Gasteiger partial charge in [-0.05, 0) is 43.9 Å². The number of carbonyl (C=O) groups is 1. The van der Waals surface area contributed by atoms with E-state index in [9.17, 15) is 4.79 Å². The van der Waals surface area contributed by atoms with Gasteiger partial charge in [-0.2, -0.15) is 0 Å². The van der Waals surface area contributed by atoms with Crippen molar-refractivity contribution < 1.29 is 9.53 Å². The molecule has 4 heteroatoms. The number of hydrogen-bond donors (Lipinski definition) is 0. The second-order valence-corrected chi connectivity index (χ2v) is 4.70. The Morgan fingerprint density at radius 3 is 2.59 bits per heavy atom. The number of benzene rings is 1. The fourth-order valence-electron chi connectivity index (χ4n) is 1.49. The summed E-state index contributed by atoms with van der Waals surface area (Å²) in [6.45, 7) is 2.15. The van der Waals surface area contributed by atoms with Crippen LogP contribution in [0.4, 0.5) is 0 Å². The first-order valence-electron chi connectivity index (χ1n) is 5.68. The predicted octanol–water partition coefficient (Wildman–Crippen LogP) is 3.83. The normalized spacial score (nSPS) is 12.2. The lowest BCUT2D eigenvalue weighted by molar-refractivity contribution is -0.142. The summed E-state index contributed by atoms with van der Waals surface area (Å²) in [4.78, 5) is 11.3. The second-order valence-electron chi connectivity index (χ2n) is 3.74. The summed E-state index contributed by atoms with van der Waals surface area (Å²) >= 11 is 11.7.